The Hall–Kier alpha value is -2.44. The highest BCUT2D eigenvalue weighted by molar-refractivity contribution is 5.84. The van der Waals surface area contributed by atoms with Crippen molar-refractivity contribution >= 4 is 10.9 Å². The molecule has 2 N–H and O–H groups in total. The van der Waals surface area contributed by atoms with E-state index in [1.54, 1.807) is 6.07 Å². The Bertz CT molecular complexity index is 1010. The summed E-state index contributed by atoms with van der Waals surface area (Å²) >= 11 is 0. The Morgan fingerprint density at radius 2 is 1.89 bits per heavy atom. The lowest BCUT2D eigenvalue weighted by Gasteiger charge is -2.38. The number of piperidine rings is 1. The molecule has 1 aliphatic heterocycles. The predicted molar refractivity (Wildman–Crippen MR) is 106 cm³/mol. The van der Waals surface area contributed by atoms with Gasteiger partial charge in [0, 0.05) is 42.3 Å². The van der Waals surface area contributed by atoms with E-state index in [0.29, 0.717) is 12.8 Å². The number of fused-ring (bicyclic) bond motifs is 1. The van der Waals surface area contributed by atoms with Crippen molar-refractivity contribution in [3.05, 3.63) is 63.7 Å². The number of hydrogen-bond donors (Lipinski definition) is 2. The fourth-order valence-corrected chi connectivity index (χ4v) is 3.95. The number of H-pyrrole nitrogens is 1. The molecule has 1 fully saturated rings. The average Bonchev–Trinajstić information content (AvgIpc) is 2.96. The summed E-state index contributed by atoms with van der Waals surface area (Å²) in [7, 11) is 0. The molecule has 0 bridgehead atoms. The van der Waals surface area contributed by atoms with Crippen molar-refractivity contribution in [2.24, 2.45) is 0 Å². The summed E-state index contributed by atoms with van der Waals surface area (Å²) in [6.07, 6.45) is 1.27. The first-order chi connectivity index (χ1) is 12.9. The molecular formula is C21H26N4O2. The van der Waals surface area contributed by atoms with Gasteiger partial charge in [-0.3, -0.25) is 9.69 Å². The van der Waals surface area contributed by atoms with Gasteiger partial charge >= 0.3 is 0 Å². The van der Waals surface area contributed by atoms with Crippen LogP contribution in [0.4, 0.5) is 0 Å². The summed E-state index contributed by atoms with van der Waals surface area (Å²) in [5, 5.41) is 16.5. The molecule has 1 aliphatic rings. The predicted octanol–water partition coefficient (Wildman–Crippen LogP) is 2.37. The van der Waals surface area contributed by atoms with Crippen LogP contribution in [0.5, 0.6) is 0 Å². The van der Waals surface area contributed by atoms with E-state index >= 15 is 0 Å². The molecule has 142 valence electrons. The summed E-state index contributed by atoms with van der Waals surface area (Å²) in [6, 6.07) is 11.6. The van der Waals surface area contributed by atoms with Crippen LogP contribution in [0.15, 0.2) is 41.2 Å². The van der Waals surface area contributed by atoms with Crippen LogP contribution in [0.25, 0.3) is 10.9 Å². The SMILES string of the molecule is Cc1ccc(=O)n(CC2(O)CCN(Cc3[nH]c4ccccc4c3C)CC2)n1. The molecule has 27 heavy (non-hydrogen) atoms. The Morgan fingerprint density at radius 1 is 1.15 bits per heavy atom. The average molecular weight is 366 g/mol. The van der Waals surface area contributed by atoms with Crippen molar-refractivity contribution < 1.29 is 5.11 Å². The van der Waals surface area contributed by atoms with Gasteiger partial charge in [0.15, 0.2) is 0 Å². The molecular weight excluding hydrogens is 340 g/mol. The van der Waals surface area contributed by atoms with Crippen molar-refractivity contribution in [1.82, 2.24) is 19.7 Å². The lowest BCUT2D eigenvalue weighted by molar-refractivity contribution is -0.0392. The molecule has 4 rings (SSSR count). The third kappa shape index (κ3) is 3.68. The van der Waals surface area contributed by atoms with Gasteiger partial charge in [0.2, 0.25) is 0 Å². The third-order valence-corrected chi connectivity index (χ3v) is 5.68. The number of aromatic amines is 1. The van der Waals surface area contributed by atoms with Crippen LogP contribution in [0.2, 0.25) is 0 Å². The van der Waals surface area contributed by atoms with Crippen LogP contribution in [-0.4, -0.2) is 43.5 Å². The number of aliphatic hydroxyl groups is 1. The van der Waals surface area contributed by atoms with E-state index in [1.807, 2.05) is 13.0 Å². The minimum absolute atomic E-state index is 0.162. The normalized spacial score (nSPS) is 17.4. The molecule has 3 heterocycles. The zero-order valence-corrected chi connectivity index (χ0v) is 15.9. The van der Waals surface area contributed by atoms with E-state index in [0.717, 1.165) is 25.3 Å². The quantitative estimate of drug-likeness (QED) is 0.743. The molecule has 6 heteroatoms. The van der Waals surface area contributed by atoms with Gasteiger partial charge in [0.1, 0.15) is 0 Å². The second-order valence-corrected chi connectivity index (χ2v) is 7.75. The Labute approximate surface area is 158 Å². The molecule has 0 spiro atoms. The first-order valence-corrected chi connectivity index (χ1v) is 9.49. The lowest BCUT2D eigenvalue weighted by atomic mass is 9.91. The number of likely N-dealkylation sites (tertiary alicyclic amines) is 1. The lowest BCUT2D eigenvalue weighted by Crippen LogP contribution is -2.48. The van der Waals surface area contributed by atoms with Crippen molar-refractivity contribution in [3.63, 3.8) is 0 Å². The van der Waals surface area contributed by atoms with Crippen LogP contribution in [0.3, 0.4) is 0 Å². The van der Waals surface area contributed by atoms with Gasteiger partial charge in [-0.15, -0.1) is 0 Å². The van der Waals surface area contributed by atoms with Gasteiger partial charge in [-0.2, -0.15) is 5.10 Å². The van der Waals surface area contributed by atoms with Gasteiger partial charge in [0.25, 0.3) is 5.56 Å². The van der Waals surface area contributed by atoms with Crippen molar-refractivity contribution in [2.75, 3.05) is 13.1 Å². The smallest absolute Gasteiger partial charge is 0.266 e. The molecule has 6 nitrogen and oxygen atoms in total. The van der Waals surface area contributed by atoms with E-state index in [9.17, 15) is 9.90 Å². The van der Waals surface area contributed by atoms with Crippen LogP contribution in [0.1, 0.15) is 29.8 Å². The van der Waals surface area contributed by atoms with Crippen LogP contribution < -0.4 is 5.56 Å². The van der Waals surface area contributed by atoms with E-state index in [-0.39, 0.29) is 12.1 Å². The van der Waals surface area contributed by atoms with E-state index < -0.39 is 5.60 Å². The van der Waals surface area contributed by atoms with E-state index in [2.05, 4.69) is 40.1 Å². The summed E-state index contributed by atoms with van der Waals surface area (Å²) < 4.78 is 1.40. The topological polar surface area (TPSA) is 74.2 Å². The highest BCUT2D eigenvalue weighted by Crippen LogP contribution is 2.27. The third-order valence-electron chi connectivity index (χ3n) is 5.68. The number of nitrogens with one attached hydrogen (secondary N) is 1. The van der Waals surface area contributed by atoms with Crippen LogP contribution in [0, 0.1) is 13.8 Å². The van der Waals surface area contributed by atoms with E-state index in [4.69, 9.17) is 0 Å². The van der Waals surface area contributed by atoms with Crippen LogP contribution >= 0.6 is 0 Å². The molecule has 1 aromatic carbocycles. The number of hydrogen-bond acceptors (Lipinski definition) is 4. The highest BCUT2D eigenvalue weighted by atomic mass is 16.3. The standard InChI is InChI=1S/C21H26N4O2/c1-15-7-8-20(26)25(23-15)14-21(27)9-11-24(12-10-21)13-19-16(2)17-5-3-4-6-18(17)22-19/h3-8,22,27H,9-14H2,1-2H3. The minimum atomic E-state index is -0.878. The Balaban J connectivity index is 1.43. The number of aromatic nitrogens is 3. The van der Waals surface area contributed by atoms with Crippen molar-refractivity contribution in [3.8, 4) is 0 Å². The van der Waals surface area contributed by atoms with Gasteiger partial charge in [0.05, 0.1) is 17.8 Å². The van der Waals surface area contributed by atoms with Gasteiger partial charge < -0.3 is 10.1 Å². The van der Waals surface area contributed by atoms with Gasteiger partial charge in [-0.1, -0.05) is 18.2 Å². The summed E-state index contributed by atoms with van der Waals surface area (Å²) in [6.45, 7) is 6.71. The zero-order valence-electron chi connectivity index (χ0n) is 15.9. The van der Waals surface area contributed by atoms with Crippen molar-refractivity contribution in [2.45, 2.75) is 45.4 Å². The van der Waals surface area contributed by atoms with Gasteiger partial charge in [-0.25, -0.2) is 4.68 Å². The molecule has 0 atom stereocenters. The summed E-state index contributed by atoms with van der Waals surface area (Å²) in [5.41, 5.74) is 3.44. The number of aryl methyl sites for hydroxylation is 2. The molecule has 0 saturated carbocycles. The molecule has 0 aliphatic carbocycles. The number of benzene rings is 1. The van der Waals surface area contributed by atoms with Crippen molar-refractivity contribution in [1.29, 1.82) is 0 Å². The second-order valence-electron chi connectivity index (χ2n) is 7.75. The van der Waals surface area contributed by atoms with Gasteiger partial charge in [-0.05, 0) is 44.4 Å². The maximum absolute atomic E-state index is 12.0. The molecule has 2 aromatic heterocycles. The highest BCUT2D eigenvalue weighted by Gasteiger charge is 2.33. The molecule has 0 radical (unpaired) electrons. The van der Waals surface area contributed by atoms with E-state index in [1.165, 1.54) is 32.9 Å². The zero-order chi connectivity index (χ0) is 19.0. The maximum atomic E-state index is 12.0. The summed E-state index contributed by atoms with van der Waals surface area (Å²) in [5.74, 6) is 0. The molecule has 0 unspecified atom stereocenters. The second kappa shape index (κ2) is 6.94. The Kier molecular flexibility index (Phi) is 4.61. The fourth-order valence-electron chi connectivity index (χ4n) is 3.95. The molecule has 3 aromatic rings. The number of nitrogens with zero attached hydrogens (tertiary/aromatic N) is 3. The first-order valence-electron chi connectivity index (χ1n) is 9.49. The number of para-hydroxylation sites is 1. The number of rotatable bonds is 4. The molecule has 1 saturated heterocycles. The molecule has 0 amide bonds. The Morgan fingerprint density at radius 3 is 2.63 bits per heavy atom. The largest absolute Gasteiger partial charge is 0.388 e. The fraction of sp³-hybridized carbons (Fsp3) is 0.429. The van der Waals surface area contributed by atoms with Crippen LogP contribution in [-0.2, 0) is 13.1 Å². The first kappa shape index (κ1) is 17.9. The maximum Gasteiger partial charge on any atom is 0.266 e. The monoisotopic (exact) mass is 366 g/mol. The minimum Gasteiger partial charge on any atom is -0.388 e. The summed E-state index contributed by atoms with van der Waals surface area (Å²) in [4.78, 5) is 17.9.